The highest BCUT2D eigenvalue weighted by Crippen LogP contribution is 2.36. The Bertz CT molecular complexity index is 635. The van der Waals surface area contributed by atoms with Gasteiger partial charge in [-0.05, 0) is 40.2 Å². The third-order valence-electron chi connectivity index (χ3n) is 4.39. The standard InChI is InChI=1S/C14H20BN3O2/c1-6-11-10-7-9(8-16-12(10)18-17-11)15-19-13(2,3)14(4,5)20-15/h7-8H,6H2,1-5H3,(H,16,17,18). The SMILES string of the molecule is CCc1[nH]nc2ncc(B3OC(C)(C)C(C)(C)O3)cc12. The highest BCUT2D eigenvalue weighted by Gasteiger charge is 2.51. The number of hydrogen-bond acceptors (Lipinski definition) is 4. The number of nitrogens with one attached hydrogen (secondary N) is 1. The molecule has 6 heteroatoms. The predicted octanol–water partition coefficient (Wildman–Crippen LogP) is 1.82. The van der Waals surface area contributed by atoms with E-state index in [1.54, 1.807) is 6.20 Å². The van der Waals surface area contributed by atoms with Crippen molar-refractivity contribution in [1.29, 1.82) is 0 Å². The molecule has 0 aliphatic carbocycles. The maximum absolute atomic E-state index is 6.06. The second-order valence-corrected chi connectivity index (χ2v) is 6.28. The summed E-state index contributed by atoms with van der Waals surface area (Å²) in [6.45, 7) is 10.3. The monoisotopic (exact) mass is 273 g/mol. The van der Waals surface area contributed by atoms with Crippen LogP contribution in [0.1, 0.15) is 40.3 Å². The molecule has 1 aliphatic heterocycles. The first kappa shape index (κ1) is 13.6. The third kappa shape index (κ3) is 1.94. The molecule has 20 heavy (non-hydrogen) atoms. The molecule has 1 aliphatic rings. The van der Waals surface area contributed by atoms with Crippen molar-refractivity contribution in [2.24, 2.45) is 0 Å². The molecule has 0 atom stereocenters. The summed E-state index contributed by atoms with van der Waals surface area (Å²) in [5.41, 5.74) is 2.09. The summed E-state index contributed by atoms with van der Waals surface area (Å²) in [5, 5.41) is 8.26. The van der Waals surface area contributed by atoms with Crippen LogP contribution in [0.15, 0.2) is 12.3 Å². The lowest BCUT2D eigenvalue weighted by Crippen LogP contribution is -2.41. The fraction of sp³-hybridized carbons (Fsp3) is 0.571. The van der Waals surface area contributed by atoms with Crippen molar-refractivity contribution in [3.8, 4) is 0 Å². The minimum Gasteiger partial charge on any atom is -0.399 e. The van der Waals surface area contributed by atoms with E-state index in [9.17, 15) is 0 Å². The van der Waals surface area contributed by atoms with Crippen molar-refractivity contribution in [3.05, 3.63) is 18.0 Å². The Balaban J connectivity index is 1.99. The first-order chi connectivity index (χ1) is 9.34. The second kappa shape index (κ2) is 4.30. The van der Waals surface area contributed by atoms with Crippen molar-refractivity contribution in [2.75, 3.05) is 0 Å². The summed E-state index contributed by atoms with van der Waals surface area (Å²) in [5.74, 6) is 0. The van der Waals surface area contributed by atoms with Crippen LogP contribution in [-0.2, 0) is 15.7 Å². The molecule has 106 valence electrons. The van der Waals surface area contributed by atoms with Crippen LogP contribution in [0.5, 0.6) is 0 Å². The average molecular weight is 273 g/mol. The van der Waals surface area contributed by atoms with Crippen LogP contribution in [0.4, 0.5) is 0 Å². The van der Waals surface area contributed by atoms with E-state index < -0.39 is 0 Å². The van der Waals surface area contributed by atoms with Gasteiger partial charge < -0.3 is 9.31 Å². The Morgan fingerprint density at radius 3 is 2.45 bits per heavy atom. The summed E-state index contributed by atoms with van der Waals surface area (Å²) in [7, 11) is -0.378. The first-order valence-corrected chi connectivity index (χ1v) is 7.02. The quantitative estimate of drug-likeness (QED) is 0.848. The van der Waals surface area contributed by atoms with Crippen LogP contribution in [0, 0.1) is 0 Å². The summed E-state index contributed by atoms with van der Waals surface area (Å²) >= 11 is 0. The summed E-state index contributed by atoms with van der Waals surface area (Å²) in [6, 6.07) is 2.06. The van der Waals surface area contributed by atoms with Crippen molar-refractivity contribution in [2.45, 2.75) is 52.2 Å². The maximum atomic E-state index is 6.06. The van der Waals surface area contributed by atoms with Gasteiger partial charge in [-0.15, -0.1) is 0 Å². The minimum atomic E-state index is -0.378. The van der Waals surface area contributed by atoms with Gasteiger partial charge in [-0.25, -0.2) is 4.98 Å². The Morgan fingerprint density at radius 1 is 1.20 bits per heavy atom. The third-order valence-corrected chi connectivity index (χ3v) is 4.39. The molecule has 0 bridgehead atoms. The molecule has 1 fully saturated rings. The zero-order chi connectivity index (χ0) is 14.5. The van der Waals surface area contributed by atoms with E-state index in [2.05, 4.69) is 28.2 Å². The number of rotatable bonds is 2. The van der Waals surface area contributed by atoms with Gasteiger partial charge in [-0.3, -0.25) is 5.10 Å². The van der Waals surface area contributed by atoms with E-state index in [-0.39, 0.29) is 18.3 Å². The topological polar surface area (TPSA) is 60.0 Å². The highest BCUT2D eigenvalue weighted by atomic mass is 16.7. The van der Waals surface area contributed by atoms with Gasteiger partial charge in [0, 0.05) is 22.7 Å². The molecule has 2 aromatic rings. The van der Waals surface area contributed by atoms with E-state index in [1.165, 1.54) is 0 Å². The van der Waals surface area contributed by atoms with E-state index in [1.807, 2.05) is 27.7 Å². The number of fused-ring (bicyclic) bond motifs is 1. The molecule has 1 N–H and O–H groups in total. The molecular weight excluding hydrogens is 253 g/mol. The molecule has 0 unspecified atom stereocenters. The van der Waals surface area contributed by atoms with E-state index in [0.29, 0.717) is 0 Å². The number of nitrogens with zero attached hydrogens (tertiary/aromatic N) is 2. The lowest BCUT2D eigenvalue weighted by Gasteiger charge is -2.32. The normalized spacial score (nSPS) is 20.8. The number of H-pyrrole nitrogens is 1. The average Bonchev–Trinajstić information content (AvgIpc) is 2.87. The minimum absolute atomic E-state index is 0.337. The summed E-state index contributed by atoms with van der Waals surface area (Å²) in [6.07, 6.45) is 2.68. The van der Waals surface area contributed by atoms with Gasteiger partial charge in [0.15, 0.2) is 5.65 Å². The lowest BCUT2D eigenvalue weighted by atomic mass is 9.80. The van der Waals surface area contributed by atoms with Crippen LogP contribution in [0.2, 0.25) is 0 Å². The lowest BCUT2D eigenvalue weighted by molar-refractivity contribution is 0.00578. The Kier molecular flexibility index (Phi) is 2.92. The fourth-order valence-corrected chi connectivity index (χ4v) is 2.34. The molecule has 0 amide bonds. The van der Waals surface area contributed by atoms with Crippen molar-refractivity contribution in [3.63, 3.8) is 0 Å². The van der Waals surface area contributed by atoms with Gasteiger partial charge in [-0.2, -0.15) is 5.10 Å². The fourth-order valence-electron chi connectivity index (χ4n) is 2.34. The highest BCUT2D eigenvalue weighted by molar-refractivity contribution is 6.62. The van der Waals surface area contributed by atoms with Gasteiger partial charge in [0.05, 0.1) is 11.2 Å². The smallest absolute Gasteiger partial charge is 0.399 e. The molecule has 5 nitrogen and oxygen atoms in total. The van der Waals surface area contributed by atoms with E-state index in [4.69, 9.17) is 9.31 Å². The van der Waals surface area contributed by atoms with Gasteiger partial charge >= 0.3 is 7.12 Å². The molecule has 0 radical (unpaired) electrons. The zero-order valence-electron chi connectivity index (χ0n) is 12.7. The van der Waals surface area contributed by atoms with Crippen LogP contribution in [0.25, 0.3) is 11.0 Å². The largest absolute Gasteiger partial charge is 0.496 e. The number of aromatic amines is 1. The Hall–Kier alpha value is -1.40. The van der Waals surface area contributed by atoms with Crippen molar-refractivity contribution in [1.82, 2.24) is 15.2 Å². The van der Waals surface area contributed by atoms with Gasteiger partial charge in [0.2, 0.25) is 0 Å². The molecule has 0 aromatic carbocycles. The summed E-state index contributed by atoms with van der Waals surface area (Å²) < 4.78 is 12.1. The van der Waals surface area contributed by atoms with Crippen molar-refractivity contribution >= 4 is 23.6 Å². The van der Waals surface area contributed by atoms with E-state index in [0.717, 1.165) is 28.6 Å². The molecular formula is C14H20BN3O2. The molecule has 3 rings (SSSR count). The van der Waals surface area contributed by atoms with Crippen LogP contribution >= 0.6 is 0 Å². The van der Waals surface area contributed by atoms with Crippen molar-refractivity contribution < 1.29 is 9.31 Å². The number of pyridine rings is 1. The number of aromatic nitrogens is 3. The van der Waals surface area contributed by atoms with Crippen LogP contribution < -0.4 is 5.46 Å². The number of aryl methyl sites for hydroxylation is 1. The molecule has 2 aromatic heterocycles. The molecule has 0 saturated carbocycles. The second-order valence-electron chi connectivity index (χ2n) is 6.28. The van der Waals surface area contributed by atoms with E-state index >= 15 is 0 Å². The Morgan fingerprint density at radius 2 is 1.85 bits per heavy atom. The molecule has 1 saturated heterocycles. The zero-order valence-corrected chi connectivity index (χ0v) is 12.7. The summed E-state index contributed by atoms with van der Waals surface area (Å²) in [4.78, 5) is 4.39. The number of hydrogen-bond donors (Lipinski definition) is 1. The van der Waals surface area contributed by atoms with Gasteiger partial charge in [-0.1, -0.05) is 6.92 Å². The van der Waals surface area contributed by atoms with Gasteiger partial charge in [0.25, 0.3) is 0 Å². The van der Waals surface area contributed by atoms with Crippen LogP contribution in [-0.4, -0.2) is 33.5 Å². The molecule has 0 spiro atoms. The van der Waals surface area contributed by atoms with Gasteiger partial charge in [0.1, 0.15) is 0 Å². The predicted molar refractivity (Wildman–Crippen MR) is 79.0 cm³/mol. The maximum Gasteiger partial charge on any atom is 0.496 e. The Labute approximate surface area is 119 Å². The first-order valence-electron chi connectivity index (χ1n) is 7.02. The molecule has 3 heterocycles. The van der Waals surface area contributed by atoms with Crippen LogP contribution in [0.3, 0.4) is 0 Å².